The second-order valence-electron chi connectivity index (χ2n) is 4.46. The molecule has 20 heavy (non-hydrogen) atoms. The van der Waals surface area contributed by atoms with Crippen LogP contribution in [-0.4, -0.2) is 12.1 Å². The average molecular weight is 268 g/mol. The van der Waals surface area contributed by atoms with Crippen molar-refractivity contribution in [3.8, 4) is 16.9 Å². The lowest BCUT2D eigenvalue weighted by molar-refractivity contribution is 0.415. The number of aromatic nitrogens is 1. The largest absolute Gasteiger partial charge is 0.497 e. The summed E-state index contributed by atoms with van der Waals surface area (Å²) in [6, 6.07) is 13.9. The molecule has 0 aliphatic carbocycles. The number of ether oxygens (including phenoxy) is 1. The number of nitrogens with two attached hydrogens (primary N) is 1. The number of hydrogen-bond donors (Lipinski definition) is 1. The van der Waals surface area contributed by atoms with Crippen LogP contribution in [0.4, 0.5) is 10.2 Å². The summed E-state index contributed by atoms with van der Waals surface area (Å²) in [5.41, 5.74) is 7.74. The molecule has 1 aromatic heterocycles. The van der Waals surface area contributed by atoms with Gasteiger partial charge in [0.1, 0.15) is 17.4 Å². The summed E-state index contributed by atoms with van der Waals surface area (Å²) in [6.45, 7) is 0. The second kappa shape index (κ2) is 4.81. The van der Waals surface area contributed by atoms with Gasteiger partial charge in [-0.3, -0.25) is 0 Å². The van der Waals surface area contributed by atoms with Crippen LogP contribution < -0.4 is 10.5 Å². The van der Waals surface area contributed by atoms with Gasteiger partial charge in [0.05, 0.1) is 12.6 Å². The van der Waals surface area contributed by atoms with Gasteiger partial charge in [0.25, 0.3) is 0 Å². The Kier molecular flexibility index (Phi) is 2.99. The Hall–Kier alpha value is -2.62. The van der Waals surface area contributed by atoms with Gasteiger partial charge in [-0.25, -0.2) is 9.37 Å². The third kappa shape index (κ3) is 2.05. The minimum absolute atomic E-state index is 0.302. The Morgan fingerprint density at radius 2 is 1.85 bits per heavy atom. The van der Waals surface area contributed by atoms with Crippen LogP contribution in [-0.2, 0) is 0 Å². The second-order valence-corrected chi connectivity index (χ2v) is 4.46. The first-order chi connectivity index (χ1) is 9.69. The predicted molar refractivity (Wildman–Crippen MR) is 78.1 cm³/mol. The van der Waals surface area contributed by atoms with E-state index in [-0.39, 0.29) is 5.82 Å². The smallest absolute Gasteiger partial charge is 0.132 e. The van der Waals surface area contributed by atoms with E-state index in [4.69, 9.17) is 10.5 Å². The molecule has 2 aromatic carbocycles. The van der Waals surface area contributed by atoms with Crippen LogP contribution in [0, 0.1) is 5.82 Å². The molecule has 0 radical (unpaired) electrons. The van der Waals surface area contributed by atoms with E-state index in [1.54, 1.807) is 31.4 Å². The van der Waals surface area contributed by atoms with Crippen LogP contribution in [0.25, 0.3) is 22.0 Å². The highest BCUT2D eigenvalue weighted by atomic mass is 19.1. The molecule has 0 saturated heterocycles. The lowest BCUT2D eigenvalue weighted by atomic mass is 10.0. The van der Waals surface area contributed by atoms with Gasteiger partial charge in [-0.2, -0.15) is 0 Å². The van der Waals surface area contributed by atoms with Crippen LogP contribution >= 0.6 is 0 Å². The quantitative estimate of drug-likeness (QED) is 0.772. The molecule has 0 bridgehead atoms. The number of fused-ring (bicyclic) bond motifs is 1. The number of methoxy groups -OCH3 is 1. The molecular formula is C16H13FN2O. The van der Waals surface area contributed by atoms with E-state index in [0.29, 0.717) is 22.7 Å². The topological polar surface area (TPSA) is 48.1 Å². The highest BCUT2D eigenvalue weighted by Gasteiger charge is 2.10. The number of pyridine rings is 1. The van der Waals surface area contributed by atoms with Gasteiger partial charge in [0, 0.05) is 22.6 Å². The Morgan fingerprint density at radius 1 is 1.05 bits per heavy atom. The minimum atomic E-state index is -0.311. The molecule has 0 unspecified atom stereocenters. The third-order valence-electron chi connectivity index (χ3n) is 3.22. The van der Waals surface area contributed by atoms with Crippen LogP contribution in [0.3, 0.4) is 0 Å². The Bertz CT molecular complexity index is 787. The van der Waals surface area contributed by atoms with E-state index in [9.17, 15) is 4.39 Å². The fraction of sp³-hybridized carbons (Fsp3) is 0.0625. The Morgan fingerprint density at radius 3 is 2.60 bits per heavy atom. The van der Waals surface area contributed by atoms with E-state index < -0.39 is 0 Å². The summed E-state index contributed by atoms with van der Waals surface area (Å²) in [4.78, 5) is 4.33. The average Bonchev–Trinajstić information content (AvgIpc) is 2.47. The van der Waals surface area contributed by atoms with Gasteiger partial charge in [0.15, 0.2) is 0 Å². The standard InChI is InChI=1S/C16H13FN2O/c1-20-11-7-6-10-8-13(16(18)19-15(10)9-11)12-4-2-3-5-14(12)17/h2-9H,1H3,(H2,18,19). The van der Waals surface area contributed by atoms with Gasteiger partial charge in [-0.05, 0) is 24.3 Å². The lowest BCUT2D eigenvalue weighted by Crippen LogP contribution is -1.97. The van der Waals surface area contributed by atoms with Crippen molar-refractivity contribution >= 4 is 16.7 Å². The number of anilines is 1. The van der Waals surface area contributed by atoms with Crippen molar-refractivity contribution in [2.24, 2.45) is 0 Å². The van der Waals surface area contributed by atoms with E-state index in [1.807, 2.05) is 18.2 Å². The maximum Gasteiger partial charge on any atom is 0.132 e. The number of hydrogen-bond acceptors (Lipinski definition) is 3. The van der Waals surface area contributed by atoms with Crippen molar-refractivity contribution in [1.29, 1.82) is 0 Å². The molecule has 0 fully saturated rings. The van der Waals surface area contributed by atoms with Crippen LogP contribution in [0.1, 0.15) is 0 Å². The van der Waals surface area contributed by atoms with Crippen molar-refractivity contribution in [2.75, 3.05) is 12.8 Å². The van der Waals surface area contributed by atoms with E-state index >= 15 is 0 Å². The van der Waals surface area contributed by atoms with Crippen LogP contribution in [0.2, 0.25) is 0 Å². The molecular weight excluding hydrogens is 255 g/mol. The normalized spacial score (nSPS) is 10.7. The molecule has 4 heteroatoms. The molecule has 3 aromatic rings. The maximum absolute atomic E-state index is 13.9. The fourth-order valence-electron chi connectivity index (χ4n) is 2.18. The van der Waals surface area contributed by atoms with Gasteiger partial charge in [0.2, 0.25) is 0 Å². The van der Waals surface area contributed by atoms with E-state index in [1.165, 1.54) is 6.07 Å². The van der Waals surface area contributed by atoms with Crippen molar-refractivity contribution in [2.45, 2.75) is 0 Å². The molecule has 0 spiro atoms. The van der Waals surface area contributed by atoms with Gasteiger partial charge >= 0.3 is 0 Å². The number of nitrogens with zero attached hydrogens (tertiary/aromatic N) is 1. The molecule has 0 atom stereocenters. The summed E-state index contributed by atoms with van der Waals surface area (Å²) < 4.78 is 19.0. The number of benzene rings is 2. The number of nitrogen functional groups attached to an aromatic ring is 1. The minimum Gasteiger partial charge on any atom is -0.497 e. The third-order valence-corrected chi connectivity index (χ3v) is 3.22. The Balaban J connectivity index is 2.23. The van der Waals surface area contributed by atoms with E-state index in [2.05, 4.69) is 4.98 Å². The summed E-state index contributed by atoms with van der Waals surface area (Å²) in [5.74, 6) is 0.702. The molecule has 2 N–H and O–H groups in total. The number of halogens is 1. The summed E-state index contributed by atoms with van der Waals surface area (Å²) >= 11 is 0. The first-order valence-corrected chi connectivity index (χ1v) is 6.18. The molecule has 3 rings (SSSR count). The van der Waals surface area contributed by atoms with Crippen LogP contribution in [0.5, 0.6) is 5.75 Å². The first kappa shape index (κ1) is 12.4. The van der Waals surface area contributed by atoms with Gasteiger partial charge in [-0.1, -0.05) is 18.2 Å². The van der Waals surface area contributed by atoms with Crippen molar-refractivity contribution in [3.05, 3.63) is 54.3 Å². The number of rotatable bonds is 2. The highest BCUT2D eigenvalue weighted by Crippen LogP contribution is 2.31. The van der Waals surface area contributed by atoms with E-state index in [0.717, 1.165) is 10.9 Å². The van der Waals surface area contributed by atoms with Crippen molar-refractivity contribution < 1.29 is 9.13 Å². The van der Waals surface area contributed by atoms with Crippen molar-refractivity contribution in [3.63, 3.8) is 0 Å². The molecule has 0 aliphatic heterocycles. The highest BCUT2D eigenvalue weighted by molar-refractivity contribution is 5.89. The van der Waals surface area contributed by atoms with Crippen LogP contribution in [0.15, 0.2) is 48.5 Å². The fourth-order valence-corrected chi connectivity index (χ4v) is 2.18. The lowest BCUT2D eigenvalue weighted by Gasteiger charge is -2.09. The molecule has 1 heterocycles. The zero-order valence-corrected chi connectivity index (χ0v) is 10.9. The zero-order chi connectivity index (χ0) is 14.1. The van der Waals surface area contributed by atoms with Crippen molar-refractivity contribution in [1.82, 2.24) is 4.98 Å². The zero-order valence-electron chi connectivity index (χ0n) is 10.9. The predicted octanol–water partition coefficient (Wildman–Crippen LogP) is 3.63. The first-order valence-electron chi connectivity index (χ1n) is 6.18. The monoisotopic (exact) mass is 268 g/mol. The maximum atomic E-state index is 13.9. The SMILES string of the molecule is COc1ccc2cc(-c3ccccc3F)c(N)nc2c1. The Labute approximate surface area is 115 Å². The van der Waals surface area contributed by atoms with Gasteiger partial charge in [-0.15, -0.1) is 0 Å². The molecule has 0 aliphatic rings. The molecule has 3 nitrogen and oxygen atoms in total. The summed E-state index contributed by atoms with van der Waals surface area (Å²) in [6.07, 6.45) is 0. The molecule has 0 amide bonds. The molecule has 0 saturated carbocycles. The molecule has 100 valence electrons. The summed E-state index contributed by atoms with van der Waals surface area (Å²) in [5, 5.41) is 0.887. The summed E-state index contributed by atoms with van der Waals surface area (Å²) in [7, 11) is 1.60. The van der Waals surface area contributed by atoms with Gasteiger partial charge < -0.3 is 10.5 Å².